The molecule has 1 saturated heterocycles. The minimum atomic E-state index is 0.449. The van der Waals surface area contributed by atoms with Gasteiger partial charge in [-0.05, 0) is 37.3 Å². The van der Waals surface area contributed by atoms with Crippen molar-refractivity contribution in [3.63, 3.8) is 0 Å². The van der Waals surface area contributed by atoms with Crippen LogP contribution in [0.5, 0.6) is 5.75 Å². The Hall–Kier alpha value is -1.02. The third kappa shape index (κ3) is 2.81. The lowest BCUT2D eigenvalue weighted by Gasteiger charge is -2.13. The molecule has 0 radical (unpaired) electrons. The van der Waals surface area contributed by atoms with Gasteiger partial charge in [-0.1, -0.05) is 31.5 Å². The van der Waals surface area contributed by atoms with Gasteiger partial charge in [0.15, 0.2) is 0 Å². The van der Waals surface area contributed by atoms with E-state index in [2.05, 4.69) is 39.0 Å². The molecule has 1 heterocycles. The zero-order chi connectivity index (χ0) is 12.4. The summed E-state index contributed by atoms with van der Waals surface area (Å²) in [6.45, 7) is 6.57. The lowest BCUT2D eigenvalue weighted by Crippen LogP contribution is -2.10. The van der Waals surface area contributed by atoms with Gasteiger partial charge in [0.1, 0.15) is 5.75 Å². The highest BCUT2D eigenvalue weighted by Crippen LogP contribution is 2.35. The molecular weight excluding hydrogens is 212 g/mol. The summed E-state index contributed by atoms with van der Waals surface area (Å²) < 4.78 is 11.1. The number of epoxide rings is 1. The maximum absolute atomic E-state index is 5.66. The normalized spacial score (nSPS) is 24.5. The summed E-state index contributed by atoms with van der Waals surface area (Å²) in [5.41, 5.74) is 2.59. The van der Waals surface area contributed by atoms with Gasteiger partial charge in [0, 0.05) is 0 Å². The van der Waals surface area contributed by atoms with Gasteiger partial charge in [-0.2, -0.15) is 0 Å². The average Bonchev–Trinajstić information content (AvgIpc) is 3.08. The van der Waals surface area contributed by atoms with E-state index in [0.717, 1.165) is 18.6 Å². The van der Waals surface area contributed by atoms with Gasteiger partial charge in [-0.25, -0.2) is 0 Å². The van der Waals surface area contributed by atoms with Crippen molar-refractivity contribution in [2.75, 3.05) is 7.11 Å². The highest BCUT2D eigenvalue weighted by molar-refractivity contribution is 5.37. The number of rotatable bonds is 5. The lowest BCUT2D eigenvalue weighted by atomic mass is 9.94. The Bertz CT molecular complexity index is 387. The molecule has 94 valence electrons. The molecule has 3 atom stereocenters. The Kier molecular flexibility index (Phi) is 3.72. The van der Waals surface area contributed by atoms with Crippen LogP contribution >= 0.6 is 0 Å². The first-order valence-corrected chi connectivity index (χ1v) is 6.44. The van der Waals surface area contributed by atoms with Gasteiger partial charge in [-0.15, -0.1) is 0 Å². The second-order valence-electron chi connectivity index (χ2n) is 5.04. The van der Waals surface area contributed by atoms with E-state index >= 15 is 0 Å². The van der Waals surface area contributed by atoms with Crippen LogP contribution in [-0.4, -0.2) is 19.3 Å². The van der Waals surface area contributed by atoms with Gasteiger partial charge in [0.25, 0.3) is 0 Å². The summed E-state index contributed by atoms with van der Waals surface area (Å²) in [6.07, 6.45) is 3.09. The predicted octanol–water partition coefficient (Wildman–Crippen LogP) is 3.36. The van der Waals surface area contributed by atoms with Crippen molar-refractivity contribution in [2.24, 2.45) is 5.92 Å². The van der Waals surface area contributed by atoms with E-state index in [1.54, 1.807) is 7.11 Å². The summed E-state index contributed by atoms with van der Waals surface area (Å²) in [5, 5.41) is 0. The third-order valence-corrected chi connectivity index (χ3v) is 3.56. The Morgan fingerprint density at radius 3 is 2.76 bits per heavy atom. The first kappa shape index (κ1) is 12.4. The molecule has 17 heavy (non-hydrogen) atoms. The number of hydrogen-bond acceptors (Lipinski definition) is 2. The predicted molar refractivity (Wildman–Crippen MR) is 69.6 cm³/mol. The lowest BCUT2D eigenvalue weighted by molar-refractivity contribution is 0.320. The van der Waals surface area contributed by atoms with Crippen molar-refractivity contribution < 1.29 is 9.47 Å². The number of benzene rings is 1. The zero-order valence-corrected chi connectivity index (χ0v) is 11.2. The molecular formula is C15H22O2. The van der Waals surface area contributed by atoms with E-state index in [0.29, 0.717) is 18.1 Å². The molecule has 0 aliphatic carbocycles. The standard InChI is InChI=1S/C15H22O2/c1-5-13-15(17-13)11(3)9-12-8-10(2)6-7-14(12)16-4/h6-8,11,13,15H,5,9H2,1-4H3. The maximum Gasteiger partial charge on any atom is 0.122 e. The number of ether oxygens (including phenoxy) is 2. The van der Waals surface area contributed by atoms with E-state index < -0.39 is 0 Å². The molecule has 1 aliphatic rings. The Balaban J connectivity index is 2.05. The molecule has 1 fully saturated rings. The van der Waals surface area contributed by atoms with Gasteiger partial charge in [0.2, 0.25) is 0 Å². The van der Waals surface area contributed by atoms with Crippen molar-refractivity contribution in [3.8, 4) is 5.75 Å². The Morgan fingerprint density at radius 1 is 1.41 bits per heavy atom. The van der Waals surface area contributed by atoms with Crippen LogP contribution in [0.4, 0.5) is 0 Å². The molecule has 3 unspecified atom stereocenters. The fourth-order valence-electron chi connectivity index (χ4n) is 2.52. The highest BCUT2D eigenvalue weighted by Gasteiger charge is 2.41. The second-order valence-corrected chi connectivity index (χ2v) is 5.04. The van der Waals surface area contributed by atoms with Crippen LogP contribution in [-0.2, 0) is 11.2 Å². The van der Waals surface area contributed by atoms with Gasteiger partial charge < -0.3 is 9.47 Å². The van der Waals surface area contributed by atoms with Crippen LogP contribution in [0.2, 0.25) is 0 Å². The number of aryl methyl sites for hydroxylation is 1. The first-order valence-electron chi connectivity index (χ1n) is 6.44. The monoisotopic (exact) mass is 234 g/mol. The Labute approximate surface area is 104 Å². The SMILES string of the molecule is CCC1OC1C(C)Cc1cc(C)ccc1OC. The summed E-state index contributed by atoms with van der Waals surface area (Å²) >= 11 is 0. The van der Waals surface area contributed by atoms with Gasteiger partial charge in [-0.3, -0.25) is 0 Å². The first-order chi connectivity index (χ1) is 8.15. The molecule has 1 aliphatic heterocycles. The molecule has 0 spiro atoms. The van der Waals surface area contributed by atoms with Crippen LogP contribution in [0.3, 0.4) is 0 Å². The average molecular weight is 234 g/mol. The molecule has 1 aromatic rings. The largest absolute Gasteiger partial charge is 0.496 e. The number of hydrogen-bond donors (Lipinski definition) is 0. The van der Waals surface area contributed by atoms with Crippen molar-refractivity contribution in [2.45, 2.75) is 45.8 Å². The smallest absolute Gasteiger partial charge is 0.122 e. The van der Waals surface area contributed by atoms with E-state index in [1.807, 2.05) is 0 Å². The third-order valence-electron chi connectivity index (χ3n) is 3.56. The fourth-order valence-corrected chi connectivity index (χ4v) is 2.52. The van der Waals surface area contributed by atoms with E-state index in [9.17, 15) is 0 Å². The zero-order valence-electron chi connectivity index (χ0n) is 11.2. The van der Waals surface area contributed by atoms with Crippen molar-refractivity contribution in [1.29, 1.82) is 0 Å². The molecule has 0 amide bonds. The minimum absolute atomic E-state index is 0.449. The van der Waals surface area contributed by atoms with Gasteiger partial charge in [0.05, 0.1) is 19.3 Å². The Morgan fingerprint density at radius 2 is 2.18 bits per heavy atom. The quantitative estimate of drug-likeness (QED) is 0.729. The van der Waals surface area contributed by atoms with E-state index in [1.165, 1.54) is 11.1 Å². The summed E-state index contributed by atoms with van der Waals surface area (Å²) in [7, 11) is 1.74. The molecule has 2 nitrogen and oxygen atoms in total. The van der Waals surface area contributed by atoms with Crippen molar-refractivity contribution >= 4 is 0 Å². The molecule has 0 saturated carbocycles. The minimum Gasteiger partial charge on any atom is -0.496 e. The van der Waals surface area contributed by atoms with Crippen LogP contribution in [0.15, 0.2) is 18.2 Å². The molecule has 0 aromatic heterocycles. The molecule has 2 heteroatoms. The molecule has 0 bridgehead atoms. The van der Waals surface area contributed by atoms with Crippen LogP contribution in [0, 0.1) is 12.8 Å². The van der Waals surface area contributed by atoms with Crippen molar-refractivity contribution in [3.05, 3.63) is 29.3 Å². The fraction of sp³-hybridized carbons (Fsp3) is 0.600. The summed E-state index contributed by atoms with van der Waals surface area (Å²) in [5.74, 6) is 1.56. The summed E-state index contributed by atoms with van der Waals surface area (Å²) in [4.78, 5) is 0. The summed E-state index contributed by atoms with van der Waals surface area (Å²) in [6, 6.07) is 6.37. The van der Waals surface area contributed by atoms with Crippen LogP contribution in [0.25, 0.3) is 0 Å². The second kappa shape index (κ2) is 5.09. The molecule has 2 rings (SSSR count). The van der Waals surface area contributed by atoms with Crippen LogP contribution < -0.4 is 4.74 Å². The maximum atomic E-state index is 5.66. The highest BCUT2D eigenvalue weighted by atomic mass is 16.6. The molecule has 0 N–H and O–H groups in total. The topological polar surface area (TPSA) is 21.8 Å². The van der Waals surface area contributed by atoms with Crippen molar-refractivity contribution in [1.82, 2.24) is 0 Å². The van der Waals surface area contributed by atoms with Crippen LogP contribution in [0.1, 0.15) is 31.4 Å². The van der Waals surface area contributed by atoms with E-state index in [-0.39, 0.29) is 0 Å². The van der Waals surface area contributed by atoms with Gasteiger partial charge >= 0.3 is 0 Å². The molecule has 1 aromatic carbocycles. The number of methoxy groups -OCH3 is 1. The van der Waals surface area contributed by atoms with E-state index in [4.69, 9.17) is 9.47 Å².